The second-order valence-electron chi connectivity index (χ2n) is 7.69. The maximum absolute atomic E-state index is 13.1. The molecule has 0 saturated heterocycles. The van der Waals surface area contributed by atoms with Crippen LogP contribution in [0.1, 0.15) is 38.3 Å². The highest BCUT2D eigenvalue weighted by Gasteiger charge is 2.28. The lowest BCUT2D eigenvalue weighted by atomic mass is 10.1. The molecule has 162 valence electrons. The number of rotatable bonds is 11. The topological polar surface area (TPSA) is 49.4 Å². The van der Waals surface area contributed by atoms with Crippen LogP contribution >= 0.6 is 23.4 Å². The molecular weight excluding hydrogens is 416 g/mol. The zero-order valence-corrected chi connectivity index (χ0v) is 19.5. The molecule has 0 unspecified atom stereocenters. The van der Waals surface area contributed by atoms with Crippen molar-refractivity contribution in [3.8, 4) is 0 Å². The normalized spacial score (nSPS) is 11.9. The summed E-state index contributed by atoms with van der Waals surface area (Å²) >= 11 is 7.57. The predicted molar refractivity (Wildman–Crippen MR) is 127 cm³/mol. The van der Waals surface area contributed by atoms with Crippen LogP contribution in [-0.2, 0) is 21.9 Å². The first-order valence-electron chi connectivity index (χ1n) is 10.3. The SMILES string of the molecule is CC[C@H](C(=O)NCC(C)C)N(Cc1ccc(Cl)cc1)C(=O)CSCc1ccccc1. The van der Waals surface area contributed by atoms with E-state index < -0.39 is 6.04 Å². The van der Waals surface area contributed by atoms with Gasteiger partial charge in [-0.3, -0.25) is 9.59 Å². The van der Waals surface area contributed by atoms with E-state index in [-0.39, 0.29) is 11.8 Å². The van der Waals surface area contributed by atoms with E-state index in [4.69, 9.17) is 11.6 Å². The van der Waals surface area contributed by atoms with Gasteiger partial charge in [-0.1, -0.05) is 74.8 Å². The molecule has 0 aliphatic heterocycles. The van der Waals surface area contributed by atoms with Crippen LogP contribution in [0.3, 0.4) is 0 Å². The van der Waals surface area contributed by atoms with Crippen LogP contribution in [0.15, 0.2) is 54.6 Å². The summed E-state index contributed by atoms with van der Waals surface area (Å²) in [4.78, 5) is 27.7. The van der Waals surface area contributed by atoms with Crippen molar-refractivity contribution >= 4 is 35.2 Å². The van der Waals surface area contributed by atoms with Crippen molar-refractivity contribution in [2.45, 2.75) is 45.5 Å². The van der Waals surface area contributed by atoms with Gasteiger partial charge >= 0.3 is 0 Å². The van der Waals surface area contributed by atoms with E-state index in [2.05, 4.69) is 31.3 Å². The molecule has 2 aromatic rings. The highest BCUT2D eigenvalue weighted by atomic mass is 35.5. The predicted octanol–water partition coefficient (Wildman–Crippen LogP) is 5.15. The van der Waals surface area contributed by atoms with Gasteiger partial charge in [0.25, 0.3) is 0 Å². The molecule has 0 radical (unpaired) electrons. The summed E-state index contributed by atoms with van der Waals surface area (Å²) in [5.74, 6) is 1.32. The standard InChI is InChI=1S/C24H31ClN2O2S/c1-4-22(24(29)26-14-18(2)3)27(15-19-10-12-21(25)13-11-19)23(28)17-30-16-20-8-6-5-7-9-20/h5-13,18,22H,4,14-17H2,1-3H3,(H,26,29)/t22-/m1/s1. The molecule has 1 atom stereocenters. The molecule has 6 heteroatoms. The van der Waals surface area contributed by atoms with Crippen LogP contribution in [0.25, 0.3) is 0 Å². The molecule has 2 aromatic carbocycles. The number of halogens is 1. The summed E-state index contributed by atoms with van der Waals surface area (Å²) in [6, 6.07) is 17.0. The van der Waals surface area contributed by atoms with Crippen LogP contribution in [0.2, 0.25) is 5.02 Å². The third-order valence-corrected chi connectivity index (χ3v) is 5.91. The Balaban J connectivity index is 2.10. The fraction of sp³-hybridized carbons (Fsp3) is 0.417. The molecule has 0 aliphatic rings. The molecule has 4 nitrogen and oxygen atoms in total. The number of thioether (sulfide) groups is 1. The summed E-state index contributed by atoms with van der Waals surface area (Å²) in [6.45, 7) is 7.03. The lowest BCUT2D eigenvalue weighted by molar-refractivity contribution is -0.139. The number of carbonyl (C=O) groups excluding carboxylic acids is 2. The fourth-order valence-corrected chi connectivity index (χ4v) is 4.04. The van der Waals surface area contributed by atoms with Gasteiger partial charge in [-0.2, -0.15) is 0 Å². The first-order valence-corrected chi connectivity index (χ1v) is 11.9. The second-order valence-corrected chi connectivity index (χ2v) is 9.11. The number of amides is 2. The fourth-order valence-electron chi connectivity index (χ4n) is 3.04. The van der Waals surface area contributed by atoms with Crippen LogP contribution in [-0.4, -0.2) is 35.1 Å². The Kier molecular flexibility index (Phi) is 10.2. The van der Waals surface area contributed by atoms with Crippen molar-refractivity contribution < 1.29 is 9.59 Å². The zero-order chi connectivity index (χ0) is 21.9. The average molecular weight is 447 g/mol. The molecule has 30 heavy (non-hydrogen) atoms. The first kappa shape index (κ1) is 24.3. The largest absolute Gasteiger partial charge is 0.354 e. The first-order chi connectivity index (χ1) is 14.4. The molecule has 2 amide bonds. The van der Waals surface area contributed by atoms with Gasteiger partial charge in [-0.15, -0.1) is 11.8 Å². The van der Waals surface area contributed by atoms with Gasteiger partial charge < -0.3 is 10.2 Å². The monoisotopic (exact) mass is 446 g/mol. The highest BCUT2D eigenvalue weighted by Crippen LogP contribution is 2.18. The van der Waals surface area contributed by atoms with Crippen molar-refractivity contribution in [2.24, 2.45) is 5.92 Å². The van der Waals surface area contributed by atoms with Gasteiger partial charge in [-0.05, 0) is 35.6 Å². The quantitative estimate of drug-likeness (QED) is 0.519. The van der Waals surface area contributed by atoms with Crippen molar-refractivity contribution in [1.82, 2.24) is 10.2 Å². The number of nitrogens with one attached hydrogen (secondary N) is 1. The molecule has 0 aromatic heterocycles. The minimum atomic E-state index is -0.496. The second kappa shape index (κ2) is 12.7. The summed E-state index contributed by atoms with van der Waals surface area (Å²) in [5, 5.41) is 3.63. The molecule has 0 fully saturated rings. The van der Waals surface area contributed by atoms with Crippen LogP contribution < -0.4 is 5.32 Å². The van der Waals surface area contributed by atoms with E-state index in [9.17, 15) is 9.59 Å². The van der Waals surface area contributed by atoms with E-state index >= 15 is 0 Å². The third-order valence-electron chi connectivity index (χ3n) is 4.67. The average Bonchev–Trinajstić information content (AvgIpc) is 2.74. The Morgan fingerprint density at radius 3 is 2.30 bits per heavy atom. The van der Waals surface area contributed by atoms with E-state index in [0.717, 1.165) is 11.3 Å². The van der Waals surface area contributed by atoms with Gasteiger partial charge in [0.2, 0.25) is 11.8 Å². The molecule has 1 N–H and O–H groups in total. The molecule has 0 heterocycles. The molecule has 0 saturated carbocycles. The van der Waals surface area contributed by atoms with Crippen molar-refractivity contribution in [3.63, 3.8) is 0 Å². The highest BCUT2D eigenvalue weighted by molar-refractivity contribution is 7.99. The van der Waals surface area contributed by atoms with Gasteiger partial charge in [0.1, 0.15) is 6.04 Å². The minimum absolute atomic E-state index is 0.0302. The molecule has 0 bridgehead atoms. The minimum Gasteiger partial charge on any atom is -0.354 e. The number of nitrogens with zero attached hydrogens (tertiary/aromatic N) is 1. The van der Waals surface area contributed by atoms with Crippen LogP contribution in [0, 0.1) is 5.92 Å². The zero-order valence-electron chi connectivity index (χ0n) is 17.9. The summed E-state index contributed by atoms with van der Waals surface area (Å²) < 4.78 is 0. The number of hydrogen-bond donors (Lipinski definition) is 1. The Hall–Kier alpha value is -1.98. The van der Waals surface area contributed by atoms with Gasteiger partial charge in [0, 0.05) is 23.9 Å². The molecule has 2 rings (SSSR count). The Bertz CT molecular complexity index is 797. The molecule has 0 aliphatic carbocycles. The number of hydrogen-bond acceptors (Lipinski definition) is 3. The maximum Gasteiger partial charge on any atom is 0.242 e. The van der Waals surface area contributed by atoms with Crippen LogP contribution in [0.4, 0.5) is 0 Å². The van der Waals surface area contributed by atoms with Crippen molar-refractivity contribution in [3.05, 3.63) is 70.7 Å². The molecule has 0 spiro atoms. The van der Waals surface area contributed by atoms with Gasteiger partial charge in [0.15, 0.2) is 0 Å². The van der Waals surface area contributed by atoms with E-state index in [1.54, 1.807) is 16.7 Å². The number of carbonyl (C=O) groups is 2. The third kappa shape index (κ3) is 8.04. The lowest BCUT2D eigenvalue weighted by Gasteiger charge is -2.31. The Morgan fingerprint density at radius 2 is 1.70 bits per heavy atom. The van der Waals surface area contributed by atoms with Crippen molar-refractivity contribution in [2.75, 3.05) is 12.3 Å². The summed E-state index contributed by atoms with van der Waals surface area (Å²) in [7, 11) is 0. The molecular formula is C24H31ClN2O2S. The van der Waals surface area contributed by atoms with Crippen LogP contribution in [0.5, 0.6) is 0 Å². The van der Waals surface area contributed by atoms with Crippen molar-refractivity contribution in [1.29, 1.82) is 0 Å². The number of benzene rings is 2. The smallest absolute Gasteiger partial charge is 0.242 e. The Morgan fingerprint density at radius 1 is 1.03 bits per heavy atom. The Labute approximate surface area is 189 Å². The van der Waals surface area contributed by atoms with E-state index in [1.165, 1.54) is 5.56 Å². The maximum atomic E-state index is 13.1. The summed E-state index contributed by atoms with van der Waals surface area (Å²) in [6.07, 6.45) is 0.562. The lowest BCUT2D eigenvalue weighted by Crippen LogP contribution is -2.50. The van der Waals surface area contributed by atoms with E-state index in [0.29, 0.717) is 36.2 Å². The van der Waals surface area contributed by atoms with E-state index in [1.807, 2.05) is 49.4 Å². The summed E-state index contributed by atoms with van der Waals surface area (Å²) in [5.41, 5.74) is 2.14. The van der Waals surface area contributed by atoms with Gasteiger partial charge in [-0.25, -0.2) is 0 Å². The van der Waals surface area contributed by atoms with Gasteiger partial charge in [0.05, 0.1) is 5.75 Å².